The van der Waals surface area contributed by atoms with Crippen molar-refractivity contribution in [1.82, 2.24) is 0 Å². The van der Waals surface area contributed by atoms with Gasteiger partial charge in [-0.05, 0) is 49.3 Å². The minimum absolute atomic E-state index is 0.101. The Bertz CT molecular complexity index is 555. The first-order valence-corrected chi connectivity index (χ1v) is 7.54. The molecule has 114 valence electrons. The molecule has 5 heteroatoms. The molecule has 1 spiro atoms. The van der Waals surface area contributed by atoms with Gasteiger partial charge in [0.2, 0.25) is 0 Å². The highest BCUT2D eigenvalue weighted by Gasteiger charge is 2.60. The molecule has 0 aromatic heterocycles. The molecule has 1 N–H and O–H groups in total. The van der Waals surface area contributed by atoms with Crippen molar-refractivity contribution in [3.05, 3.63) is 28.8 Å². The van der Waals surface area contributed by atoms with Crippen LogP contribution in [0.1, 0.15) is 31.2 Å². The van der Waals surface area contributed by atoms with Crippen molar-refractivity contribution in [3.63, 3.8) is 0 Å². The number of halogens is 1. The zero-order chi connectivity index (χ0) is 15.1. The molecule has 1 aliphatic carbocycles. The van der Waals surface area contributed by atoms with Crippen molar-refractivity contribution < 1.29 is 19.4 Å². The molecule has 1 aromatic carbocycles. The van der Waals surface area contributed by atoms with E-state index in [1.807, 2.05) is 0 Å². The standard InChI is InChI=1S/C16H19ClO4/c1-20-13-3-2-11(17)8-12(13)16(14(18)19)9-15(10-16)4-6-21-7-5-15/h2-3,8H,4-7,9-10H2,1H3,(H,18,19). The molecule has 21 heavy (non-hydrogen) atoms. The Morgan fingerprint density at radius 3 is 2.57 bits per heavy atom. The second-order valence-corrected chi connectivity index (χ2v) is 6.63. The summed E-state index contributed by atoms with van der Waals surface area (Å²) < 4.78 is 10.8. The number of benzene rings is 1. The van der Waals surface area contributed by atoms with Crippen LogP contribution >= 0.6 is 11.6 Å². The summed E-state index contributed by atoms with van der Waals surface area (Å²) in [6.45, 7) is 1.45. The normalized spacial score (nSPS) is 22.6. The van der Waals surface area contributed by atoms with Crippen LogP contribution in [0.4, 0.5) is 0 Å². The molecule has 1 saturated carbocycles. The van der Waals surface area contributed by atoms with Gasteiger partial charge in [-0.25, -0.2) is 0 Å². The van der Waals surface area contributed by atoms with Crippen LogP contribution in [0, 0.1) is 5.41 Å². The summed E-state index contributed by atoms with van der Waals surface area (Å²) in [6.07, 6.45) is 3.14. The highest BCUT2D eigenvalue weighted by atomic mass is 35.5. The van der Waals surface area contributed by atoms with Gasteiger partial charge in [0.25, 0.3) is 0 Å². The van der Waals surface area contributed by atoms with E-state index in [9.17, 15) is 9.90 Å². The molecule has 1 heterocycles. The maximum absolute atomic E-state index is 12.0. The van der Waals surface area contributed by atoms with Gasteiger partial charge < -0.3 is 14.6 Å². The Hall–Kier alpha value is -1.26. The van der Waals surface area contributed by atoms with Gasteiger partial charge in [0, 0.05) is 23.8 Å². The fourth-order valence-electron chi connectivity index (χ4n) is 3.90. The number of carboxylic acids is 1. The monoisotopic (exact) mass is 310 g/mol. The fraction of sp³-hybridized carbons (Fsp3) is 0.562. The van der Waals surface area contributed by atoms with Crippen LogP contribution in [0.25, 0.3) is 0 Å². The van der Waals surface area contributed by atoms with Crippen LogP contribution in [0.2, 0.25) is 5.02 Å². The van der Waals surface area contributed by atoms with Crippen LogP contribution in [-0.2, 0) is 14.9 Å². The Morgan fingerprint density at radius 2 is 2.00 bits per heavy atom. The summed E-state index contributed by atoms with van der Waals surface area (Å²) in [4.78, 5) is 12.0. The van der Waals surface area contributed by atoms with Crippen LogP contribution < -0.4 is 4.74 Å². The zero-order valence-corrected chi connectivity index (χ0v) is 12.8. The number of methoxy groups -OCH3 is 1. The van der Waals surface area contributed by atoms with E-state index in [1.165, 1.54) is 0 Å². The van der Waals surface area contributed by atoms with Crippen molar-refractivity contribution in [3.8, 4) is 5.75 Å². The predicted octanol–water partition coefficient (Wildman–Crippen LogP) is 3.26. The number of hydrogen-bond donors (Lipinski definition) is 1. The number of rotatable bonds is 3. The van der Waals surface area contributed by atoms with Crippen molar-refractivity contribution >= 4 is 17.6 Å². The molecule has 0 radical (unpaired) electrons. The van der Waals surface area contributed by atoms with Crippen LogP contribution in [-0.4, -0.2) is 31.4 Å². The first-order chi connectivity index (χ1) is 10.0. The van der Waals surface area contributed by atoms with E-state index in [1.54, 1.807) is 25.3 Å². The number of ether oxygens (including phenoxy) is 2. The lowest BCUT2D eigenvalue weighted by Crippen LogP contribution is -2.56. The molecule has 1 aliphatic heterocycles. The molecule has 1 saturated heterocycles. The molecule has 0 atom stereocenters. The number of carbonyl (C=O) groups is 1. The Kier molecular flexibility index (Phi) is 3.62. The topological polar surface area (TPSA) is 55.8 Å². The van der Waals surface area contributed by atoms with Gasteiger partial charge in [0.05, 0.1) is 12.5 Å². The van der Waals surface area contributed by atoms with E-state index < -0.39 is 11.4 Å². The number of aliphatic carboxylic acids is 1. The van der Waals surface area contributed by atoms with E-state index in [0.717, 1.165) is 26.1 Å². The number of hydrogen-bond acceptors (Lipinski definition) is 3. The average Bonchev–Trinajstić information content (AvgIpc) is 2.45. The third-order valence-corrected chi connectivity index (χ3v) is 5.23. The molecular weight excluding hydrogens is 292 g/mol. The first kappa shape index (κ1) is 14.7. The molecule has 4 nitrogen and oxygen atoms in total. The minimum Gasteiger partial charge on any atom is -0.496 e. The van der Waals surface area contributed by atoms with Crippen LogP contribution in [0.3, 0.4) is 0 Å². The van der Waals surface area contributed by atoms with Gasteiger partial charge >= 0.3 is 5.97 Å². The summed E-state index contributed by atoms with van der Waals surface area (Å²) in [6, 6.07) is 5.21. The van der Waals surface area contributed by atoms with Crippen molar-refractivity contribution in [2.24, 2.45) is 5.41 Å². The number of carboxylic acid groups (broad SMARTS) is 1. The highest BCUT2D eigenvalue weighted by molar-refractivity contribution is 6.30. The third kappa shape index (κ3) is 2.30. The van der Waals surface area contributed by atoms with E-state index >= 15 is 0 Å². The average molecular weight is 311 g/mol. The minimum atomic E-state index is -0.881. The molecule has 3 rings (SSSR count). The predicted molar refractivity (Wildman–Crippen MR) is 79.0 cm³/mol. The quantitative estimate of drug-likeness (QED) is 0.931. The lowest BCUT2D eigenvalue weighted by atomic mass is 9.48. The van der Waals surface area contributed by atoms with Crippen molar-refractivity contribution in [1.29, 1.82) is 0 Å². The summed E-state index contributed by atoms with van der Waals surface area (Å²) in [5.74, 6) is -0.191. The van der Waals surface area contributed by atoms with E-state index in [0.29, 0.717) is 29.2 Å². The molecule has 2 aliphatic rings. The van der Waals surface area contributed by atoms with Gasteiger partial charge in [-0.2, -0.15) is 0 Å². The van der Waals surface area contributed by atoms with Crippen LogP contribution in [0.5, 0.6) is 5.75 Å². The second kappa shape index (κ2) is 5.18. The van der Waals surface area contributed by atoms with E-state index in [2.05, 4.69) is 0 Å². The maximum atomic E-state index is 12.0. The lowest BCUT2D eigenvalue weighted by Gasteiger charge is -2.56. The SMILES string of the molecule is COc1ccc(Cl)cc1C1(C(=O)O)CC2(CCOCC2)C1. The van der Waals surface area contributed by atoms with E-state index in [-0.39, 0.29) is 5.41 Å². The smallest absolute Gasteiger partial charge is 0.314 e. The van der Waals surface area contributed by atoms with E-state index in [4.69, 9.17) is 21.1 Å². The molecule has 1 aromatic rings. The second-order valence-electron chi connectivity index (χ2n) is 6.20. The maximum Gasteiger partial charge on any atom is 0.314 e. The van der Waals surface area contributed by atoms with Crippen molar-refractivity contribution in [2.45, 2.75) is 31.1 Å². The summed E-state index contributed by atoms with van der Waals surface area (Å²) in [7, 11) is 1.56. The summed E-state index contributed by atoms with van der Waals surface area (Å²) in [5.41, 5.74) is -0.0838. The summed E-state index contributed by atoms with van der Waals surface area (Å²) >= 11 is 6.07. The molecular formula is C16H19ClO4. The Morgan fingerprint density at radius 1 is 1.33 bits per heavy atom. The van der Waals surface area contributed by atoms with Gasteiger partial charge in [-0.1, -0.05) is 11.6 Å². The zero-order valence-electron chi connectivity index (χ0n) is 12.0. The highest BCUT2D eigenvalue weighted by Crippen LogP contribution is 2.61. The van der Waals surface area contributed by atoms with Gasteiger partial charge in [-0.3, -0.25) is 4.79 Å². The summed E-state index contributed by atoms with van der Waals surface area (Å²) in [5, 5.41) is 10.4. The van der Waals surface area contributed by atoms with Crippen LogP contribution in [0.15, 0.2) is 18.2 Å². The van der Waals surface area contributed by atoms with Crippen molar-refractivity contribution in [2.75, 3.05) is 20.3 Å². The largest absolute Gasteiger partial charge is 0.496 e. The Balaban J connectivity index is 1.97. The van der Waals surface area contributed by atoms with Gasteiger partial charge in [-0.15, -0.1) is 0 Å². The first-order valence-electron chi connectivity index (χ1n) is 7.17. The van der Waals surface area contributed by atoms with Gasteiger partial charge in [0.1, 0.15) is 5.75 Å². The molecule has 0 unspecified atom stereocenters. The molecule has 2 fully saturated rings. The lowest BCUT2D eigenvalue weighted by molar-refractivity contribution is -0.160. The van der Waals surface area contributed by atoms with Gasteiger partial charge in [0.15, 0.2) is 0 Å². The fourth-order valence-corrected chi connectivity index (χ4v) is 4.07. The third-order valence-electron chi connectivity index (χ3n) is 4.99. The molecule has 0 bridgehead atoms. The molecule has 0 amide bonds. The Labute approximate surface area is 129 Å².